The fourth-order valence-corrected chi connectivity index (χ4v) is 4.26. The van der Waals surface area contributed by atoms with Gasteiger partial charge in [0.2, 0.25) is 5.91 Å². The number of ether oxygens (including phenoxy) is 3. The Labute approximate surface area is 221 Å². The summed E-state index contributed by atoms with van der Waals surface area (Å²) in [5.41, 5.74) is 3.88. The number of allylic oxidation sites excluding steroid dienone is 2. The van der Waals surface area contributed by atoms with Crippen molar-refractivity contribution in [1.82, 2.24) is 5.32 Å². The Bertz CT molecular complexity index is 1230. The van der Waals surface area contributed by atoms with Gasteiger partial charge in [-0.3, -0.25) is 14.4 Å². The van der Waals surface area contributed by atoms with Crippen LogP contribution in [0, 0.1) is 6.92 Å². The third-order valence-electron chi connectivity index (χ3n) is 6.36. The fourth-order valence-electron chi connectivity index (χ4n) is 4.26. The summed E-state index contributed by atoms with van der Waals surface area (Å²) >= 11 is 0. The number of methoxy groups -OCH3 is 1. The number of hydrogen-bond donors (Lipinski definition) is 2. The van der Waals surface area contributed by atoms with E-state index in [4.69, 9.17) is 19.3 Å². The van der Waals surface area contributed by atoms with E-state index in [1.807, 2.05) is 43.3 Å². The Morgan fingerprint density at radius 2 is 1.82 bits per heavy atom. The first-order valence-corrected chi connectivity index (χ1v) is 12.5. The summed E-state index contributed by atoms with van der Waals surface area (Å²) in [6, 6.07) is 9.74. The molecule has 0 fully saturated rings. The van der Waals surface area contributed by atoms with Gasteiger partial charge in [-0.2, -0.15) is 0 Å². The van der Waals surface area contributed by atoms with Crippen molar-refractivity contribution in [3.05, 3.63) is 69.8 Å². The smallest absolute Gasteiger partial charge is 0.342 e. The van der Waals surface area contributed by atoms with Crippen LogP contribution in [0.1, 0.15) is 65.2 Å². The summed E-state index contributed by atoms with van der Waals surface area (Å²) in [7, 11) is 1.49. The van der Waals surface area contributed by atoms with Crippen LogP contribution in [0.4, 0.5) is 0 Å². The van der Waals surface area contributed by atoms with Crippen molar-refractivity contribution in [2.75, 3.05) is 13.7 Å². The second-order valence-electron chi connectivity index (χ2n) is 9.10. The highest BCUT2D eigenvalue weighted by Crippen LogP contribution is 2.43. The molecule has 1 aliphatic rings. The van der Waals surface area contributed by atoms with Crippen LogP contribution in [0.15, 0.2) is 42.0 Å². The van der Waals surface area contributed by atoms with E-state index < -0.39 is 17.9 Å². The Morgan fingerprint density at radius 3 is 2.50 bits per heavy atom. The van der Waals surface area contributed by atoms with Crippen LogP contribution < -0.4 is 14.8 Å². The fraction of sp³-hybridized carbons (Fsp3) is 0.379. The molecule has 0 bridgehead atoms. The van der Waals surface area contributed by atoms with Crippen LogP contribution in [0.2, 0.25) is 0 Å². The maximum absolute atomic E-state index is 12.8. The molecule has 0 saturated carbocycles. The van der Waals surface area contributed by atoms with E-state index in [1.54, 1.807) is 6.92 Å². The first-order valence-electron chi connectivity index (χ1n) is 12.5. The summed E-state index contributed by atoms with van der Waals surface area (Å²) < 4.78 is 16.5. The van der Waals surface area contributed by atoms with Crippen LogP contribution in [-0.2, 0) is 38.6 Å². The van der Waals surface area contributed by atoms with Crippen LogP contribution in [0.3, 0.4) is 0 Å². The average Bonchev–Trinajstić information content (AvgIpc) is 3.29. The lowest BCUT2D eigenvalue weighted by molar-refractivity contribution is -0.137. The van der Waals surface area contributed by atoms with Crippen molar-refractivity contribution in [1.29, 1.82) is 0 Å². The summed E-state index contributed by atoms with van der Waals surface area (Å²) in [6.07, 6.45) is 2.86. The molecule has 1 amide bonds. The maximum atomic E-state index is 12.8. The number of benzene rings is 2. The largest absolute Gasteiger partial charge is 0.496 e. The van der Waals surface area contributed by atoms with Gasteiger partial charge in [-0.15, -0.1) is 0 Å². The van der Waals surface area contributed by atoms with E-state index in [0.29, 0.717) is 41.8 Å². The predicted octanol–water partition coefficient (Wildman–Crippen LogP) is 4.07. The number of carbonyl (C=O) groups is 4. The monoisotopic (exact) mass is 523 g/mol. The highest BCUT2D eigenvalue weighted by atomic mass is 16.6. The Hall–Kier alpha value is -4.14. The quantitative estimate of drug-likeness (QED) is 0.228. The molecule has 9 nitrogen and oxygen atoms in total. The van der Waals surface area contributed by atoms with Crippen molar-refractivity contribution in [3.63, 3.8) is 0 Å². The molecule has 0 aromatic heterocycles. The molecule has 0 aliphatic carbocycles. The van der Waals surface area contributed by atoms with Crippen molar-refractivity contribution in [3.8, 4) is 11.5 Å². The molecule has 0 radical (unpaired) electrons. The summed E-state index contributed by atoms with van der Waals surface area (Å²) in [6.45, 7) is 4.10. The molecule has 0 spiro atoms. The number of carbonyl (C=O) groups excluding carboxylic acids is 3. The molecule has 2 aromatic carbocycles. The molecule has 9 heteroatoms. The minimum Gasteiger partial charge on any atom is -0.496 e. The Morgan fingerprint density at radius 1 is 1.08 bits per heavy atom. The van der Waals surface area contributed by atoms with Gasteiger partial charge in [0.1, 0.15) is 17.9 Å². The van der Waals surface area contributed by atoms with Crippen LogP contribution in [0.25, 0.3) is 0 Å². The minimum absolute atomic E-state index is 0.00966. The third-order valence-corrected chi connectivity index (χ3v) is 6.36. The Kier molecular flexibility index (Phi) is 10.0. The molecule has 0 unspecified atom stereocenters. The number of aliphatic carboxylic acids is 1. The van der Waals surface area contributed by atoms with E-state index in [-0.39, 0.29) is 49.5 Å². The zero-order valence-corrected chi connectivity index (χ0v) is 21.9. The highest BCUT2D eigenvalue weighted by Gasteiger charge is 2.34. The molecule has 1 aliphatic heterocycles. The van der Waals surface area contributed by atoms with E-state index in [2.05, 4.69) is 5.32 Å². The lowest BCUT2D eigenvalue weighted by Crippen LogP contribution is -2.26. The second-order valence-corrected chi connectivity index (χ2v) is 9.10. The summed E-state index contributed by atoms with van der Waals surface area (Å²) in [5.74, 6) is -1.91. The minimum atomic E-state index is -0.898. The first-order chi connectivity index (χ1) is 18.2. The zero-order chi connectivity index (χ0) is 27.7. The van der Waals surface area contributed by atoms with Gasteiger partial charge < -0.3 is 24.6 Å². The van der Waals surface area contributed by atoms with Gasteiger partial charge in [-0.25, -0.2) is 4.79 Å². The number of fused-ring (bicyclic) bond motifs is 1. The Balaban J connectivity index is 1.73. The number of amides is 1. The number of nitrogens with one attached hydrogen (secondary N) is 1. The first kappa shape index (κ1) is 28.4. The highest BCUT2D eigenvalue weighted by molar-refractivity contribution is 5.99. The van der Waals surface area contributed by atoms with Gasteiger partial charge in [0, 0.05) is 30.5 Å². The second kappa shape index (κ2) is 13.4. The topological polar surface area (TPSA) is 128 Å². The standard InChI is InChI=1S/C29H33NO8/c1-18(10-13-24(32)33)9-11-21-27(36-3)19(2)22-17-37-29(35)26(22)28(21)38-25(34)14-12-23(31)30-16-15-20-7-5-4-6-8-20/h4-9H,10-17H2,1-3H3,(H,30,31)(H,32,33)/b18-9+. The number of rotatable bonds is 13. The molecule has 0 saturated heterocycles. The third kappa shape index (κ3) is 7.44. The maximum Gasteiger partial charge on any atom is 0.342 e. The SMILES string of the molecule is COc1c(C)c2c(c(OC(=O)CCC(=O)NCCc3ccccc3)c1C/C=C(\C)CCC(=O)O)C(=O)OC2. The van der Waals surface area contributed by atoms with Gasteiger partial charge in [0.05, 0.1) is 13.5 Å². The van der Waals surface area contributed by atoms with Crippen molar-refractivity contribution in [2.45, 2.75) is 59.0 Å². The van der Waals surface area contributed by atoms with Crippen molar-refractivity contribution in [2.24, 2.45) is 0 Å². The van der Waals surface area contributed by atoms with Crippen molar-refractivity contribution < 1.29 is 38.5 Å². The lowest BCUT2D eigenvalue weighted by atomic mass is 9.94. The number of carboxylic acid groups (broad SMARTS) is 1. The van der Waals surface area contributed by atoms with Crippen LogP contribution in [0.5, 0.6) is 11.5 Å². The van der Waals surface area contributed by atoms with Gasteiger partial charge in [-0.1, -0.05) is 42.0 Å². The normalized spacial score (nSPS) is 12.5. The van der Waals surface area contributed by atoms with E-state index >= 15 is 0 Å². The predicted molar refractivity (Wildman–Crippen MR) is 139 cm³/mol. The van der Waals surface area contributed by atoms with Crippen LogP contribution >= 0.6 is 0 Å². The van der Waals surface area contributed by atoms with Gasteiger partial charge in [-0.05, 0) is 44.2 Å². The summed E-state index contributed by atoms with van der Waals surface area (Å²) in [5, 5.41) is 11.7. The molecule has 1 heterocycles. The molecule has 0 atom stereocenters. The number of cyclic esters (lactones) is 1. The number of carboxylic acids is 1. The average molecular weight is 524 g/mol. The molecular formula is C29H33NO8. The number of esters is 2. The van der Waals surface area contributed by atoms with E-state index in [9.17, 15) is 19.2 Å². The zero-order valence-electron chi connectivity index (χ0n) is 21.9. The molecule has 38 heavy (non-hydrogen) atoms. The van der Waals surface area contributed by atoms with Crippen LogP contribution in [-0.4, -0.2) is 42.6 Å². The molecule has 2 N–H and O–H groups in total. The number of hydrogen-bond acceptors (Lipinski definition) is 7. The molecule has 2 aromatic rings. The van der Waals surface area contributed by atoms with E-state index in [1.165, 1.54) is 7.11 Å². The van der Waals surface area contributed by atoms with Crippen molar-refractivity contribution >= 4 is 23.8 Å². The van der Waals surface area contributed by atoms with E-state index in [0.717, 1.165) is 11.1 Å². The lowest BCUT2D eigenvalue weighted by Gasteiger charge is -2.19. The molecule has 202 valence electrons. The summed E-state index contributed by atoms with van der Waals surface area (Å²) in [4.78, 5) is 48.6. The van der Waals surface area contributed by atoms with Gasteiger partial charge >= 0.3 is 17.9 Å². The van der Waals surface area contributed by atoms with Gasteiger partial charge in [0.15, 0.2) is 5.75 Å². The van der Waals surface area contributed by atoms with Gasteiger partial charge in [0.25, 0.3) is 0 Å². The molecule has 3 rings (SSSR count). The molecular weight excluding hydrogens is 490 g/mol.